The number of halogens is 2. The Balaban J connectivity index is 1.57. The molecule has 1 aromatic heterocycles. The number of aromatic nitrogens is 1. The first-order valence-electron chi connectivity index (χ1n) is 8.34. The van der Waals surface area contributed by atoms with Crippen molar-refractivity contribution in [3.8, 4) is 11.3 Å². The van der Waals surface area contributed by atoms with Gasteiger partial charge in [-0.05, 0) is 48.5 Å². The molecule has 0 spiro atoms. The molecule has 0 bridgehead atoms. The van der Waals surface area contributed by atoms with Crippen LogP contribution < -0.4 is 0 Å². The molecule has 0 fully saturated rings. The standard InChI is InChI=1S/C19H16Cl2N2O5S/c1-23(29(25,26)16-8-6-15(21)7-9-16)11-19(24)27-12-18-22-10-17(28-18)13-2-4-14(20)5-3-13/h2-10H,11-12H2,1H3. The van der Waals surface area contributed by atoms with E-state index in [9.17, 15) is 13.2 Å². The Kier molecular flexibility index (Phi) is 6.59. The minimum absolute atomic E-state index is 0.0255. The number of rotatable bonds is 7. The van der Waals surface area contributed by atoms with Crippen molar-refractivity contribution >= 4 is 39.2 Å². The molecule has 0 N–H and O–H groups in total. The van der Waals surface area contributed by atoms with Crippen molar-refractivity contribution in [2.75, 3.05) is 13.6 Å². The molecule has 0 aliphatic heterocycles. The number of carbonyl (C=O) groups is 1. The van der Waals surface area contributed by atoms with Gasteiger partial charge in [0, 0.05) is 22.7 Å². The molecule has 3 aromatic rings. The highest BCUT2D eigenvalue weighted by Crippen LogP contribution is 2.22. The molecule has 7 nitrogen and oxygen atoms in total. The summed E-state index contributed by atoms with van der Waals surface area (Å²) < 4.78 is 36.5. The smallest absolute Gasteiger partial charge is 0.321 e. The fraction of sp³-hybridized carbons (Fsp3) is 0.158. The third-order valence-electron chi connectivity index (χ3n) is 3.91. The van der Waals surface area contributed by atoms with Crippen molar-refractivity contribution in [3.05, 3.63) is 70.7 Å². The second-order valence-corrected chi connectivity index (χ2v) is 8.92. The van der Waals surface area contributed by atoms with Crippen molar-refractivity contribution in [3.63, 3.8) is 0 Å². The first-order valence-corrected chi connectivity index (χ1v) is 10.5. The molecule has 3 rings (SSSR count). The highest BCUT2D eigenvalue weighted by molar-refractivity contribution is 7.89. The number of benzene rings is 2. The van der Waals surface area contributed by atoms with E-state index in [1.54, 1.807) is 24.3 Å². The van der Waals surface area contributed by atoms with Crippen molar-refractivity contribution in [2.24, 2.45) is 0 Å². The molecule has 0 unspecified atom stereocenters. The monoisotopic (exact) mass is 454 g/mol. The number of esters is 1. The summed E-state index contributed by atoms with van der Waals surface area (Å²) >= 11 is 11.6. The zero-order valence-corrected chi connectivity index (χ0v) is 17.5. The van der Waals surface area contributed by atoms with E-state index in [0.29, 0.717) is 15.8 Å². The summed E-state index contributed by atoms with van der Waals surface area (Å²) in [4.78, 5) is 16.1. The van der Waals surface area contributed by atoms with Gasteiger partial charge in [-0.15, -0.1) is 0 Å². The number of hydrogen-bond donors (Lipinski definition) is 0. The van der Waals surface area contributed by atoms with Crippen LogP contribution in [-0.4, -0.2) is 37.3 Å². The minimum Gasteiger partial charge on any atom is -0.455 e. The van der Waals surface area contributed by atoms with Crippen LogP contribution in [0.15, 0.2) is 64.0 Å². The minimum atomic E-state index is -3.85. The Hall–Kier alpha value is -2.39. The van der Waals surface area contributed by atoms with Gasteiger partial charge >= 0.3 is 5.97 Å². The molecule has 2 aromatic carbocycles. The predicted octanol–water partition coefficient (Wildman–Crippen LogP) is 4.01. The summed E-state index contributed by atoms with van der Waals surface area (Å²) in [7, 11) is -2.56. The summed E-state index contributed by atoms with van der Waals surface area (Å²) in [5, 5.41) is 1.01. The highest BCUT2D eigenvalue weighted by atomic mass is 35.5. The van der Waals surface area contributed by atoms with E-state index in [-0.39, 0.29) is 17.4 Å². The van der Waals surface area contributed by atoms with Gasteiger partial charge in [-0.1, -0.05) is 23.2 Å². The molecule has 0 saturated heterocycles. The third kappa shape index (κ3) is 5.36. The van der Waals surface area contributed by atoms with Crippen molar-refractivity contribution in [1.29, 1.82) is 0 Å². The number of sulfonamides is 1. The first kappa shape index (κ1) is 21.3. The fourth-order valence-electron chi connectivity index (χ4n) is 2.37. The third-order valence-corrected chi connectivity index (χ3v) is 6.23. The molecule has 1 heterocycles. The summed E-state index contributed by atoms with van der Waals surface area (Å²) in [5.74, 6) is -0.0575. The van der Waals surface area contributed by atoms with Gasteiger partial charge in [0.25, 0.3) is 0 Å². The van der Waals surface area contributed by atoms with E-state index in [1.165, 1.54) is 37.5 Å². The summed E-state index contributed by atoms with van der Waals surface area (Å²) in [6.07, 6.45) is 1.50. The molecule has 0 saturated carbocycles. The van der Waals surface area contributed by atoms with Crippen molar-refractivity contribution in [1.82, 2.24) is 9.29 Å². The second kappa shape index (κ2) is 8.96. The normalized spacial score (nSPS) is 11.6. The maximum absolute atomic E-state index is 12.5. The number of likely N-dealkylation sites (N-methyl/N-ethyl adjacent to an activating group) is 1. The molecule has 0 amide bonds. The zero-order valence-electron chi connectivity index (χ0n) is 15.2. The van der Waals surface area contributed by atoms with E-state index >= 15 is 0 Å². The lowest BCUT2D eigenvalue weighted by molar-refractivity contribution is -0.145. The highest BCUT2D eigenvalue weighted by Gasteiger charge is 2.23. The molecular formula is C19H16Cl2N2O5S. The summed E-state index contributed by atoms with van der Waals surface area (Å²) in [6.45, 7) is -0.684. The van der Waals surface area contributed by atoms with E-state index in [0.717, 1.165) is 9.87 Å². The molecule has 0 aliphatic carbocycles. The SMILES string of the molecule is CN(CC(=O)OCc1ncc(-c2ccc(Cl)cc2)o1)S(=O)(=O)c1ccc(Cl)cc1. The van der Waals surface area contributed by atoms with Gasteiger partial charge in [-0.3, -0.25) is 4.79 Å². The lowest BCUT2D eigenvalue weighted by atomic mass is 10.2. The summed E-state index contributed by atoms with van der Waals surface area (Å²) in [5.41, 5.74) is 0.772. The quantitative estimate of drug-likeness (QED) is 0.500. The molecular weight excluding hydrogens is 439 g/mol. The van der Waals surface area contributed by atoms with E-state index in [1.807, 2.05) is 0 Å². The van der Waals surface area contributed by atoms with Gasteiger partial charge < -0.3 is 9.15 Å². The van der Waals surface area contributed by atoms with Crippen LogP contribution in [-0.2, 0) is 26.2 Å². The number of hydrogen-bond acceptors (Lipinski definition) is 6. The van der Waals surface area contributed by atoms with E-state index in [4.69, 9.17) is 32.4 Å². The Bertz CT molecular complexity index is 1100. The van der Waals surface area contributed by atoms with Crippen LogP contribution in [0, 0.1) is 0 Å². The number of oxazole rings is 1. The topological polar surface area (TPSA) is 89.7 Å². The van der Waals surface area contributed by atoms with Crippen LogP contribution in [0.25, 0.3) is 11.3 Å². The average Bonchev–Trinajstić information content (AvgIpc) is 3.16. The molecule has 29 heavy (non-hydrogen) atoms. The molecule has 10 heteroatoms. The summed E-state index contributed by atoms with van der Waals surface area (Å²) in [6, 6.07) is 12.6. The number of nitrogens with zero attached hydrogens (tertiary/aromatic N) is 2. The van der Waals surface area contributed by atoms with Gasteiger partial charge in [0.15, 0.2) is 12.4 Å². The fourth-order valence-corrected chi connectivity index (χ4v) is 3.73. The maximum Gasteiger partial charge on any atom is 0.321 e. The van der Waals surface area contributed by atoms with Crippen LogP contribution in [0.3, 0.4) is 0 Å². The maximum atomic E-state index is 12.5. The van der Waals surface area contributed by atoms with Gasteiger partial charge in [0.1, 0.15) is 6.54 Å². The largest absolute Gasteiger partial charge is 0.455 e. The van der Waals surface area contributed by atoms with E-state index in [2.05, 4.69) is 4.98 Å². The number of ether oxygens (including phenoxy) is 1. The Morgan fingerprint density at radius 3 is 2.28 bits per heavy atom. The second-order valence-electron chi connectivity index (χ2n) is 6.00. The lowest BCUT2D eigenvalue weighted by Gasteiger charge is -2.16. The van der Waals surface area contributed by atoms with Crippen LogP contribution in [0.1, 0.15) is 5.89 Å². The van der Waals surface area contributed by atoms with E-state index < -0.39 is 22.5 Å². The van der Waals surface area contributed by atoms with Crippen molar-refractivity contribution in [2.45, 2.75) is 11.5 Å². The van der Waals surface area contributed by atoms with Gasteiger partial charge in [-0.2, -0.15) is 4.31 Å². The van der Waals surface area contributed by atoms with Gasteiger partial charge in [0.2, 0.25) is 15.9 Å². The first-order chi connectivity index (χ1) is 13.8. The van der Waals surface area contributed by atoms with Crippen LogP contribution in [0.5, 0.6) is 0 Å². The van der Waals surface area contributed by atoms with Crippen LogP contribution in [0.2, 0.25) is 10.0 Å². The molecule has 0 atom stereocenters. The van der Waals surface area contributed by atoms with Crippen LogP contribution in [0.4, 0.5) is 0 Å². The molecule has 0 aliphatic rings. The molecule has 152 valence electrons. The van der Waals surface area contributed by atoms with Crippen LogP contribution >= 0.6 is 23.2 Å². The lowest BCUT2D eigenvalue weighted by Crippen LogP contribution is -2.33. The molecule has 0 radical (unpaired) electrons. The van der Waals surface area contributed by atoms with Crippen molar-refractivity contribution < 1.29 is 22.4 Å². The zero-order chi connectivity index (χ0) is 21.0. The number of carbonyl (C=O) groups excluding carboxylic acids is 1. The Morgan fingerprint density at radius 2 is 1.66 bits per heavy atom. The van der Waals surface area contributed by atoms with Gasteiger partial charge in [-0.25, -0.2) is 13.4 Å². The average molecular weight is 455 g/mol. The Morgan fingerprint density at radius 1 is 1.07 bits per heavy atom. The Labute approximate surface area is 177 Å². The predicted molar refractivity (Wildman–Crippen MR) is 108 cm³/mol. The van der Waals surface area contributed by atoms with Gasteiger partial charge in [0.05, 0.1) is 11.1 Å².